The Morgan fingerprint density at radius 2 is 2.27 bits per heavy atom. The van der Waals surface area contributed by atoms with Gasteiger partial charge in [-0.3, -0.25) is 4.79 Å². The van der Waals surface area contributed by atoms with Gasteiger partial charge < -0.3 is 10.6 Å². The molecule has 0 spiro atoms. The predicted octanol–water partition coefficient (Wildman–Crippen LogP) is 1.06. The van der Waals surface area contributed by atoms with Gasteiger partial charge in [0.25, 0.3) is 0 Å². The number of carbonyl (C=O) groups is 1. The molecule has 1 aromatic rings. The van der Waals surface area contributed by atoms with Crippen LogP contribution in [-0.4, -0.2) is 19.0 Å². The molecule has 1 aromatic carbocycles. The summed E-state index contributed by atoms with van der Waals surface area (Å²) in [6.07, 6.45) is 1.33. The monoisotopic (exact) mass is 208 g/mol. The van der Waals surface area contributed by atoms with Gasteiger partial charge in [0, 0.05) is 12.7 Å². The molecule has 80 valence electrons. The van der Waals surface area contributed by atoms with Gasteiger partial charge >= 0.3 is 0 Å². The Kier molecular flexibility index (Phi) is 2.44. The number of benzene rings is 1. The van der Waals surface area contributed by atoms with Crippen LogP contribution in [0.25, 0.3) is 0 Å². The summed E-state index contributed by atoms with van der Waals surface area (Å²) in [5, 5.41) is 0. The third kappa shape index (κ3) is 1.72. The van der Waals surface area contributed by atoms with Crippen molar-refractivity contribution in [3.63, 3.8) is 0 Å². The Balaban J connectivity index is 2.48. The summed E-state index contributed by atoms with van der Waals surface area (Å²) >= 11 is 0. The molecule has 0 fully saturated rings. The van der Waals surface area contributed by atoms with Crippen molar-refractivity contribution in [1.82, 2.24) is 0 Å². The summed E-state index contributed by atoms with van der Waals surface area (Å²) in [6, 6.07) is 4.02. The van der Waals surface area contributed by atoms with Crippen LogP contribution in [0.2, 0.25) is 0 Å². The van der Waals surface area contributed by atoms with E-state index in [1.807, 2.05) is 0 Å². The van der Waals surface area contributed by atoms with E-state index in [1.54, 1.807) is 13.1 Å². The van der Waals surface area contributed by atoms with Gasteiger partial charge in [-0.05, 0) is 30.5 Å². The minimum absolute atomic E-state index is 0.153. The topological polar surface area (TPSA) is 46.3 Å². The molecule has 0 saturated carbocycles. The van der Waals surface area contributed by atoms with Crippen LogP contribution in [0.5, 0.6) is 0 Å². The smallest absolute Gasteiger partial charge is 0.243 e. The lowest BCUT2D eigenvalue weighted by Gasteiger charge is -2.19. The second-order valence-electron chi connectivity index (χ2n) is 3.82. The van der Waals surface area contributed by atoms with Crippen molar-refractivity contribution < 1.29 is 9.18 Å². The molecule has 0 bridgehead atoms. The number of aryl methyl sites for hydroxylation is 1. The van der Waals surface area contributed by atoms with Crippen LogP contribution in [0, 0.1) is 5.82 Å². The van der Waals surface area contributed by atoms with Crippen molar-refractivity contribution >= 4 is 11.6 Å². The maximum Gasteiger partial charge on any atom is 0.243 e. The maximum atomic E-state index is 13.1. The summed E-state index contributed by atoms with van der Waals surface area (Å²) in [6.45, 7) is 0. The number of hydrogen-bond donors (Lipinski definition) is 1. The number of likely N-dealkylation sites (N-methyl/N-ethyl adjacent to an activating group) is 1. The maximum absolute atomic E-state index is 13.1. The summed E-state index contributed by atoms with van der Waals surface area (Å²) < 4.78 is 13.1. The van der Waals surface area contributed by atoms with Crippen molar-refractivity contribution in [2.45, 2.75) is 18.9 Å². The molecule has 1 heterocycles. The number of carbonyl (C=O) groups excluding carboxylic acids is 1. The molecule has 1 aliphatic heterocycles. The number of nitrogens with two attached hydrogens (primary N) is 1. The Labute approximate surface area is 87.7 Å². The number of nitrogens with zero attached hydrogens (tertiary/aromatic N) is 1. The van der Waals surface area contributed by atoms with Gasteiger partial charge in [-0.2, -0.15) is 0 Å². The van der Waals surface area contributed by atoms with Crippen molar-refractivity contribution in [3.8, 4) is 0 Å². The van der Waals surface area contributed by atoms with Crippen molar-refractivity contribution in [2.75, 3.05) is 11.9 Å². The first kappa shape index (κ1) is 10.1. The van der Waals surface area contributed by atoms with E-state index in [0.29, 0.717) is 18.5 Å². The number of fused-ring (bicyclic) bond motifs is 1. The predicted molar refractivity (Wildman–Crippen MR) is 56.1 cm³/mol. The molecular weight excluding hydrogens is 195 g/mol. The first-order valence-electron chi connectivity index (χ1n) is 4.91. The highest BCUT2D eigenvalue weighted by atomic mass is 19.1. The second-order valence-corrected chi connectivity index (χ2v) is 3.82. The zero-order valence-electron chi connectivity index (χ0n) is 8.53. The van der Waals surface area contributed by atoms with Crippen LogP contribution in [-0.2, 0) is 11.2 Å². The van der Waals surface area contributed by atoms with Gasteiger partial charge in [0.15, 0.2) is 0 Å². The van der Waals surface area contributed by atoms with Crippen molar-refractivity contribution in [2.24, 2.45) is 5.73 Å². The fraction of sp³-hybridized carbons (Fsp3) is 0.364. The number of anilines is 1. The zero-order valence-corrected chi connectivity index (χ0v) is 8.53. The van der Waals surface area contributed by atoms with Gasteiger partial charge in [0.1, 0.15) is 5.82 Å². The van der Waals surface area contributed by atoms with Gasteiger partial charge in [-0.1, -0.05) is 6.07 Å². The van der Waals surface area contributed by atoms with Crippen LogP contribution < -0.4 is 10.6 Å². The van der Waals surface area contributed by atoms with Crippen LogP contribution in [0.4, 0.5) is 10.1 Å². The lowest BCUT2D eigenvalue weighted by Crippen LogP contribution is -2.40. The third-order valence-electron chi connectivity index (χ3n) is 2.78. The average molecular weight is 208 g/mol. The second kappa shape index (κ2) is 3.62. The largest absolute Gasteiger partial charge is 0.320 e. The van der Waals surface area contributed by atoms with Crippen LogP contribution >= 0.6 is 0 Å². The lowest BCUT2D eigenvalue weighted by atomic mass is 10.1. The number of amides is 1. The normalized spacial score (nSPS) is 21.1. The Morgan fingerprint density at radius 1 is 1.53 bits per heavy atom. The molecule has 2 N–H and O–H groups in total. The Hall–Kier alpha value is -1.42. The van der Waals surface area contributed by atoms with Crippen LogP contribution in [0.3, 0.4) is 0 Å². The van der Waals surface area contributed by atoms with E-state index >= 15 is 0 Å². The summed E-state index contributed by atoms with van der Waals surface area (Å²) in [5.74, 6) is -0.483. The van der Waals surface area contributed by atoms with Crippen molar-refractivity contribution in [3.05, 3.63) is 29.6 Å². The quantitative estimate of drug-likeness (QED) is 0.693. The summed E-state index contributed by atoms with van der Waals surface area (Å²) in [7, 11) is 1.63. The molecule has 4 heteroatoms. The van der Waals surface area contributed by atoms with Gasteiger partial charge in [0.2, 0.25) is 5.91 Å². The molecular formula is C11H13FN2O. The summed E-state index contributed by atoms with van der Waals surface area (Å²) in [5.41, 5.74) is 7.31. The molecule has 1 aliphatic rings. The first-order chi connectivity index (χ1) is 7.09. The SMILES string of the molecule is CN1C(=O)C(N)CCc2ccc(F)cc21. The molecule has 1 amide bonds. The lowest BCUT2D eigenvalue weighted by molar-refractivity contribution is -0.119. The van der Waals surface area contributed by atoms with E-state index in [4.69, 9.17) is 5.73 Å². The van der Waals surface area contributed by atoms with E-state index < -0.39 is 6.04 Å². The molecule has 1 atom stereocenters. The number of halogens is 1. The third-order valence-corrected chi connectivity index (χ3v) is 2.78. The van der Waals surface area contributed by atoms with Crippen LogP contribution in [0.15, 0.2) is 18.2 Å². The molecule has 0 radical (unpaired) electrons. The van der Waals surface area contributed by atoms with Crippen molar-refractivity contribution in [1.29, 1.82) is 0 Å². The zero-order chi connectivity index (χ0) is 11.0. The highest BCUT2D eigenvalue weighted by molar-refractivity contribution is 5.97. The van der Waals surface area contributed by atoms with E-state index in [9.17, 15) is 9.18 Å². The highest BCUT2D eigenvalue weighted by Crippen LogP contribution is 2.26. The fourth-order valence-corrected chi connectivity index (χ4v) is 1.86. The standard InChI is InChI=1S/C11H13FN2O/c1-14-10-6-8(12)4-2-7(10)3-5-9(13)11(14)15/h2,4,6,9H,3,5,13H2,1H3. The number of hydrogen-bond acceptors (Lipinski definition) is 2. The van der Waals surface area contributed by atoms with Gasteiger partial charge in [0.05, 0.1) is 6.04 Å². The van der Waals surface area contributed by atoms with Gasteiger partial charge in [-0.25, -0.2) is 4.39 Å². The number of rotatable bonds is 0. The minimum Gasteiger partial charge on any atom is -0.320 e. The molecule has 15 heavy (non-hydrogen) atoms. The van der Waals surface area contributed by atoms with E-state index in [-0.39, 0.29) is 11.7 Å². The average Bonchev–Trinajstić information content (AvgIpc) is 2.32. The fourth-order valence-electron chi connectivity index (χ4n) is 1.86. The Bertz CT molecular complexity index is 406. The van der Waals surface area contributed by atoms with Crippen LogP contribution in [0.1, 0.15) is 12.0 Å². The Morgan fingerprint density at radius 3 is 3.00 bits per heavy atom. The van der Waals surface area contributed by atoms with Gasteiger partial charge in [-0.15, -0.1) is 0 Å². The molecule has 1 unspecified atom stereocenters. The van der Waals surface area contributed by atoms with E-state index in [2.05, 4.69) is 0 Å². The van der Waals surface area contributed by atoms with E-state index in [1.165, 1.54) is 17.0 Å². The van der Waals surface area contributed by atoms with E-state index in [0.717, 1.165) is 5.56 Å². The highest BCUT2D eigenvalue weighted by Gasteiger charge is 2.25. The molecule has 3 nitrogen and oxygen atoms in total. The molecule has 0 aromatic heterocycles. The molecule has 0 saturated heterocycles. The first-order valence-corrected chi connectivity index (χ1v) is 4.91. The minimum atomic E-state index is -0.481. The molecule has 0 aliphatic carbocycles. The molecule has 2 rings (SSSR count). The summed E-state index contributed by atoms with van der Waals surface area (Å²) in [4.78, 5) is 13.1.